The third-order valence-electron chi connectivity index (χ3n) is 21.0. The number of fused-ring (bicyclic) bond motifs is 6. The van der Waals surface area contributed by atoms with Crippen molar-refractivity contribution in [1.29, 1.82) is 0 Å². The van der Waals surface area contributed by atoms with Gasteiger partial charge < -0.3 is 8.83 Å². The van der Waals surface area contributed by atoms with Gasteiger partial charge in [0.05, 0.1) is 5.56 Å². The molecular weight excluding hydrogens is 1600 g/mol. The van der Waals surface area contributed by atoms with Gasteiger partial charge in [0.25, 0.3) is 0 Å². The van der Waals surface area contributed by atoms with Crippen LogP contribution in [-0.2, 0) is 0 Å². The van der Waals surface area contributed by atoms with Crippen molar-refractivity contribution in [3.63, 3.8) is 0 Å². The zero-order valence-electron chi connectivity index (χ0n) is 61.8. The van der Waals surface area contributed by atoms with Crippen LogP contribution in [0.25, 0.3) is 184 Å². The van der Waals surface area contributed by atoms with E-state index in [1.807, 2.05) is 127 Å². The molecule has 16 aromatic carbocycles. The summed E-state index contributed by atoms with van der Waals surface area (Å²) in [7, 11) is 0. The second-order valence-corrected chi connectivity index (χ2v) is 28.0. The van der Waals surface area contributed by atoms with Gasteiger partial charge in [0, 0.05) is 49.6 Å². The van der Waals surface area contributed by atoms with Crippen LogP contribution in [0.2, 0.25) is 0 Å². The Bertz CT molecular complexity index is 6820. The van der Waals surface area contributed by atoms with Gasteiger partial charge in [-0.25, -0.2) is 36.1 Å². The molecule has 0 bridgehead atoms. The number of para-hydroxylation sites is 2. The maximum atomic E-state index is 7.08. The Morgan fingerprint density at radius 2 is 0.770 bits per heavy atom. The fourth-order valence-corrected chi connectivity index (χ4v) is 15.2. The molecule has 0 unspecified atom stereocenters. The predicted octanol–water partition coefficient (Wildman–Crippen LogP) is 27.6. The van der Waals surface area contributed by atoms with E-state index in [0.29, 0.717) is 40.2 Å². The van der Waals surface area contributed by atoms with E-state index < -0.39 is 0 Å². The number of rotatable bonds is 17. The first-order chi connectivity index (χ1) is 55.3. The summed E-state index contributed by atoms with van der Waals surface area (Å²) in [6.07, 6.45) is 0.737. The van der Waals surface area contributed by atoms with Gasteiger partial charge >= 0.3 is 31.1 Å². The molecule has 113 heavy (non-hydrogen) atoms. The van der Waals surface area contributed by atoms with Gasteiger partial charge in [-0.05, 0) is 156 Å². The van der Waals surface area contributed by atoms with E-state index in [0.717, 1.165) is 167 Å². The van der Waals surface area contributed by atoms with Gasteiger partial charge in [0.15, 0.2) is 23.3 Å². The first kappa shape index (κ1) is 70.9. The minimum Gasteiger partial charge on any atom is -0.456 e. The second kappa shape index (κ2) is 31.3. The molecule has 0 aliphatic heterocycles. The molecule has 0 aliphatic rings. The fraction of sp³-hybridized carbons (Fsp3) is 0.0190. The molecule has 0 aliphatic carbocycles. The molecule has 0 radical (unpaired) electrons. The zero-order valence-corrected chi connectivity index (χ0v) is 65.9. The number of amidine groups is 1. The molecule has 0 saturated carbocycles. The maximum Gasteiger partial charge on any atom is 2.00 e. The molecule has 0 N–H and O–H groups in total. The minimum absolute atomic E-state index is 0. The number of furan rings is 2. The van der Waals surface area contributed by atoms with Crippen LogP contribution in [0.15, 0.2) is 402 Å². The van der Waals surface area contributed by atoms with Crippen LogP contribution in [0.5, 0.6) is 0 Å². The quantitative estimate of drug-likeness (QED) is 0.0515. The maximum absolute atomic E-state index is 7.08. The standard InChI is InChI=1S/C105H69N5O2.U/c1-3-96(77-30-13-6-14-31-77)107-102(78-32-15-7-16-33-78)106-68(2)89-40-19-20-41-90(89)84-39-24-36-80(61-84)74-54-56-76(57-55-74)86-62-85(70-28-11-5-12-29-70)63-87(64-86)81-37-23-38-82(60-81)88-66-95(105-109-103(79-34-17-8-18-35-79)108-104(110-105)93-44-25-43-92-91-42-21-22-45-97(91)112-101(92)93)100-94-65-83(58-59-98(94)111-99(100)67-88)75-52-50-73(51-53-75)72-48-46-71(47-49-72)69-26-9-4-10-27-69;/h4-38,40,42-67H,2-3H2,1H3;/q-2;+2. The van der Waals surface area contributed by atoms with Crippen molar-refractivity contribution in [2.24, 2.45) is 9.98 Å². The number of hydrogen-bond donors (Lipinski definition) is 0. The third kappa shape index (κ3) is 14.4. The summed E-state index contributed by atoms with van der Waals surface area (Å²) >= 11 is 0. The molecule has 0 spiro atoms. The van der Waals surface area contributed by atoms with Gasteiger partial charge in [-0.15, -0.1) is 29.3 Å². The van der Waals surface area contributed by atoms with Crippen LogP contribution in [0.3, 0.4) is 0 Å². The molecule has 0 saturated heterocycles. The molecule has 530 valence electrons. The van der Waals surface area contributed by atoms with Crippen molar-refractivity contribution < 1.29 is 39.9 Å². The average Bonchev–Trinajstić information content (AvgIpc) is 1.64. The summed E-state index contributed by atoms with van der Waals surface area (Å²) < 4.78 is 13.8. The number of benzene rings is 16. The van der Waals surface area contributed by atoms with Gasteiger partial charge in [-0.3, -0.25) is 0 Å². The smallest absolute Gasteiger partial charge is 0.456 e. The summed E-state index contributed by atoms with van der Waals surface area (Å²) in [6.45, 7) is 6.67. The Morgan fingerprint density at radius 1 is 0.319 bits per heavy atom. The van der Waals surface area contributed by atoms with Crippen LogP contribution in [0, 0.1) is 43.2 Å². The molecule has 8 heteroatoms. The fourth-order valence-electron chi connectivity index (χ4n) is 15.2. The van der Waals surface area contributed by atoms with Gasteiger partial charge in [0.2, 0.25) is 0 Å². The van der Waals surface area contributed by atoms with Crippen LogP contribution in [-0.4, -0.2) is 26.5 Å². The van der Waals surface area contributed by atoms with Crippen molar-refractivity contribution in [2.45, 2.75) is 13.3 Å². The van der Waals surface area contributed by atoms with Crippen molar-refractivity contribution in [3.8, 4) is 134 Å². The van der Waals surface area contributed by atoms with Crippen LogP contribution in [0.4, 0.5) is 0 Å². The average molecular weight is 1670 g/mol. The third-order valence-corrected chi connectivity index (χ3v) is 21.0. The molecule has 19 aromatic rings. The van der Waals surface area contributed by atoms with Gasteiger partial charge in [-0.1, -0.05) is 293 Å². The molecule has 3 heterocycles. The van der Waals surface area contributed by atoms with Gasteiger partial charge in [0.1, 0.15) is 22.3 Å². The number of hydrogen-bond acceptors (Lipinski definition) is 6. The topological polar surface area (TPSA) is 89.7 Å². The van der Waals surface area contributed by atoms with Crippen molar-refractivity contribution >= 4 is 61.1 Å². The van der Waals surface area contributed by atoms with Crippen LogP contribution >= 0.6 is 0 Å². The summed E-state index contributed by atoms with van der Waals surface area (Å²) in [5.41, 5.74) is 28.8. The van der Waals surface area contributed by atoms with Crippen molar-refractivity contribution in [3.05, 3.63) is 412 Å². The first-order valence-corrected chi connectivity index (χ1v) is 37.7. The van der Waals surface area contributed by atoms with E-state index in [1.54, 1.807) is 0 Å². The van der Waals surface area contributed by atoms with Crippen LogP contribution < -0.4 is 0 Å². The molecular formula is C105H69N5O2U. The van der Waals surface area contributed by atoms with E-state index in [4.69, 9.17) is 33.8 Å². The van der Waals surface area contributed by atoms with Crippen LogP contribution in [0.1, 0.15) is 30.0 Å². The SMILES string of the molecule is C=C(N=C(N=C(CC)c1ccccc1)c1ccccc1)c1ccc[c-]c1-c1[c-]ccc(-c2ccc(-c3cc(-c4ccccc4)cc(-c4cccc(-c5cc(-c6nc(-c7ccccc7)nc(-c7cccc8c7oc7ccccc78)n6)c6c(c5)oc5ccc(-c7ccc(-c8ccc(-c9ccccc9)cc8)cc7)cc56)c4)c3)cc2)c1.[U+2]. The molecule has 19 rings (SSSR count). The van der Waals surface area contributed by atoms with Crippen molar-refractivity contribution in [1.82, 2.24) is 15.0 Å². The summed E-state index contributed by atoms with van der Waals surface area (Å²) in [5.74, 6) is 2.11. The number of aromatic nitrogens is 3. The Morgan fingerprint density at radius 3 is 1.40 bits per heavy atom. The Hall–Kier alpha value is -13.7. The second-order valence-electron chi connectivity index (χ2n) is 28.0. The molecule has 0 amide bonds. The molecule has 0 fully saturated rings. The molecule has 3 aromatic heterocycles. The Balaban J connectivity index is 0.00000889. The van der Waals surface area contributed by atoms with E-state index in [2.05, 4.69) is 274 Å². The van der Waals surface area contributed by atoms with E-state index >= 15 is 0 Å². The first-order valence-electron chi connectivity index (χ1n) is 37.7. The summed E-state index contributed by atoms with van der Waals surface area (Å²) in [4.78, 5) is 26.6. The molecule has 0 atom stereocenters. The summed E-state index contributed by atoms with van der Waals surface area (Å²) in [6, 6.07) is 138. The predicted molar refractivity (Wildman–Crippen MR) is 463 cm³/mol. The van der Waals surface area contributed by atoms with Gasteiger partial charge in [-0.2, -0.15) is 30.3 Å². The van der Waals surface area contributed by atoms with E-state index in [1.165, 1.54) is 11.1 Å². The van der Waals surface area contributed by atoms with E-state index in [9.17, 15) is 0 Å². The minimum atomic E-state index is 0. The Kier molecular flexibility index (Phi) is 19.7. The van der Waals surface area contributed by atoms with Crippen molar-refractivity contribution in [2.75, 3.05) is 0 Å². The van der Waals surface area contributed by atoms with E-state index in [-0.39, 0.29) is 31.1 Å². The normalized spacial score (nSPS) is 11.7. The zero-order chi connectivity index (χ0) is 74.9. The number of nitrogens with zero attached hydrogens (tertiary/aromatic N) is 5. The largest absolute Gasteiger partial charge is 2.00 e. The monoisotopic (exact) mass is 1670 g/mol. The Labute approximate surface area is 679 Å². The number of aliphatic imine (C=N–C) groups is 2. The summed E-state index contributed by atoms with van der Waals surface area (Å²) in [5, 5.41) is 3.84. The molecule has 7 nitrogen and oxygen atoms in total.